The van der Waals surface area contributed by atoms with Crippen LogP contribution in [0.1, 0.15) is 5.56 Å². The molecule has 2 amide bonds. The van der Waals surface area contributed by atoms with E-state index in [1.165, 1.54) is 4.90 Å². The van der Waals surface area contributed by atoms with Gasteiger partial charge >= 0.3 is 0 Å². The van der Waals surface area contributed by atoms with Crippen molar-refractivity contribution >= 4 is 11.8 Å². The van der Waals surface area contributed by atoms with Crippen molar-refractivity contribution in [3.05, 3.63) is 47.2 Å². The monoisotopic (exact) mass is 232 g/mol. The van der Waals surface area contributed by atoms with Gasteiger partial charge in [0.15, 0.2) is 5.76 Å². The number of hydrogen-bond acceptors (Lipinski definition) is 3. The molecule has 5 nitrogen and oxygen atoms in total. The molecule has 0 fully saturated rings. The molecule has 3 N–H and O–H groups in total. The van der Waals surface area contributed by atoms with Crippen molar-refractivity contribution in [3.63, 3.8) is 0 Å². The summed E-state index contributed by atoms with van der Waals surface area (Å²) < 4.78 is 0. The number of carbonyl (C=O) groups is 2. The number of rotatable bonds is 3. The minimum absolute atomic E-state index is 0.0223. The van der Waals surface area contributed by atoms with E-state index in [4.69, 9.17) is 5.73 Å². The molecule has 5 heteroatoms. The van der Waals surface area contributed by atoms with Crippen LogP contribution in [0.5, 0.6) is 0 Å². The van der Waals surface area contributed by atoms with Crippen LogP contribution in [0.2, 0.25) is 0 Å². The second kappa shape index (κ2) is 4.29. The number of nitrogens with two attached hydrogens (primary N) is 1. The number of aliphatic hydroxyl groups is 1. The van der Waals surface area contributed by atoms with Gasteiger partial charge in [-0.1, -0.05) is 30.3 Å². The van der Waals surface area contributed by atoms with Gasteiger partial charge in [-0.05, 0) is 5.56 Å². The molecule has 0 aromatic heterocycles. The van der Waals surface area contributed by atoms with E-state index >= 15 is 0 Å². The number of benzene rings is 1. The molecule has 1 aliphatic heterocycles. The Kier molecular flexibility index (Phi) is 2.82. The molecule has 1 aromatic rings. The summed E-state index contributed by atoms with van der Waals surface area (Å²) >= 11 is 0. The molecule has 0 saturated carbocycles. The molecule has 0 aliphatic carbocycles. The number of nitrogens with zero attached hydrogens (tertiary/aromatic N) is 1. The van der Waals surface area contributed by atoms with Gasteiger partial charge in [0.1, 0.15) is 0 Å². The number of hydrogen-bond donors (Lipinski definition) is 2. The molecule has 1 aliphatic rings. The Bertz CT molecular complexity index is 494. The molecule has 0 radical (unpaired) electrons. The topological polar surface area (TPSA) is 83.6 Å². The van der Waals surface area contributed by atoms with Gasteiger partial charge in [0.25, 0.3) is 5.91 Å². The molecule has 2 rings (SSSR count). The highest BCUT2D eigenvalue weighted by molar-refractivity contribution is 6.06. The smallest absolute Gasteiger partial charge is 0.289 e. The first-order valence-corrected chi connectivity index (χ1v) is 5.14. The zero-order chi connectivity index (χ0) is 12.4. The molecule has 1 heterocycles. The fourth-order valence-corrected chi connectivity index (χ4v) is 1.74. The fourth-order valence-electron chi connectivity index (χ4n) is 1.74. The highest BCUT2D eigenvalue weighted by Crippen LogP contribution is 2.19. The van der Waals surface area contributed by atoms with Crippen molar-refractivity contribution in [2.75, 3.05) is 6.54 Å². The van der Waals surface area contributed by atoms with Crippen molar-refractivity contribution in [1.29, 1.82) is 0 Å². The van der Waals surface area contributed by atoms with E-state index in [1.54, 1.807) is 0 Å². The molecule has 88 valence electrons. The second-order valence-electron chi connectivity index (χ2n) is 3.84. The van der Waals surface area contributed by atoms with Gasteiger partial charge in [0.2, 0.25) is 5.91 Å². The molecule has 0 spiro atoms. The van der Waals surface area contributed by atoms with Crippen LogP contribution in [0.15, 0.2) is 41.7 Å². The third-order valence-corrected chi connectivity index (χ3v) is 2.64. The fraction of sp³-hybridized carbons (Fsp3) is 0.167. The highest BCUT2D eigenvalue weighted by Gasteiger charge is 2.32. The Balaban J connectivity index is 2.13. The largest absolute Gasteiger partial charge is 0.503 e. The van der Waals surface area contributed by atoms with Crippen LogP contribution in [0.25, 0.3) is 0 Å². The average Bonchev–Trinajstić information content (AvgIpc) is 2.59. The number of carbonyl (C=O) groups excluding carboxylic acids is 2. The Hall–Kier alpha value is -2.30. The summed E-state index contributed by atoms with van der Waals surface area (Å²) in [6.45, 7) is 0.412. The van der Waals surface area contributed by atoms with Gasteiger partial charge in [0, 0.05) is 6.54 Å². The van der Waals surface area contributed by atoms with Crippen LogP contribution >= 0.6 is 0 Å². The molecule has 0 unspecified atom stereocenters. The zero-order valence-corrected chi connectivity index (χ0v) is 9.09. The van der Waals surface area contributed by atoms with Crippen molar-refractivity contribution in [3.8, 4) is 0 Å². The first-order valence-electron chi connectivity index (χ1n) is 5.14. The van der Waals surface area contributed by atoms with Crippen molar-refractivity contribution in [2.45, 2.75) is 6.54 Å². The van der Waals surface area contributed by atoms with E-state index in [9.17, 15) is 14.7 Å². The van der Waals surface area contributed by atoms with E-state index in [2.05, 4.69) is 0 Å². The summed E-state index contributed by atoms with van der Waals surface area (Å²) in [5, 5.41) is 9.46. The standard InChI is InChI=1S/C12H12N2O3/c13-11(16)9-7-14(12(17)10(9)15)6-8-4-2-1-3-5-8/h1-5,15H,6-7H2,(H2,13,16). The second-order valence-corrected chi connectivity index (χ2v) is 3.84. The minimum Gasteiger partial charge on any atom is -0.503 e. The summed E-state index contributed by atoms with van der Waals surface area (Å²) in [4.78, 5) is 24.0. The quantitative estimate of drug-likeness (QED) is 0.787. The predicted octanol–water partition coefficient (Wildman–Crippen LogP) is 0.326. The minimum atomic E-state index is -0.758. The van der Waals surface area contributed by atoms with Gasteiger partial charge in [0.05, 0.1) is 12.1 Å². The molecule has 0 atom stereocenters. The molecule has 0 bridgehead atoms. The van der Waals surface area contributed by atoms with E-state index in [0.29, 0.717) is 6.54 Å². The van der Waals surface area contributed by atoms with Crippen molar-refractivity contribution < 1.29 is 14.7 Å². The first-order chi connectivity index (χ1) is 8.09. The SMILES string of the molecule is NC(=O)C1=C(O)C(=O)N(Cc2ccccc2)C1. The van der Waals surface area contributed by atoms with Gasteiger partial charge in [-0.2, -0.15) is 0 Å². The predicted molar refractivity (Wildman–Crippen MR) is 60.7 cm³/mol. The van der Waals surface area contributed by atoms with Crippen LogP contribution in [0.3, 0.4) is 0 Å². The molecular formula is C12H12N2O3. The number of amides is 2. The highest BCUT2D eigenvalue weighted by atomic mass is 16.3. The normalized spacial score (nSPS) is 15.5. The van der Waals surface area contributed by atoms with Gasteiger partial charge in [-0.25, -0.2) is 0 Å². The van der Waals surface area contributed by atoms with E-state index in [1.807, 2.05) is 30.3 Å². The van der Waals surface area contributed by atoms with Crippen molar-refractivity contribution in [2.24, 2.45) is 5.73 Å². The average molecular weight is 232 g/mol. The Morgan fingerprint density at radius 2 is 2.00 bits per heavy atom. The summed E-state index contributed by atoms with van der Waals surface area (Å²) in [6, 6.07) is 9.33. The third kappa shape index (κ3) is 2.13. The van der Waals surface area contributed by atoms with Crippen molar-refractivity contribution in [1.82, 2.24) is 4.90 Å². The lowest BCUT2D eigenvalue weighted by Crippen LogP contribution is -2.27. The lowest BCUT2D eigenvalue weighted by molar-refractivity contribution is -0.128. The van der Waals surface area contributed by atoms with Gasteiger partial charge in [-0.15, -0.1) is 0 Å². The summed E-state index contributed by atoms with van der Waals surface area (Å²) in [5.41, 5.74) is 5.98. The van der Waals surface area contributed by atoms with Gasteiger partial charge in [-0.3, -0.25) is 9.59 Å². The van der Waals surface area contributed by atoms with Crippen LogP contribution < -0.4 is 5.73 Å². The van der Waals surface area contributed by atoms with Crippen LogP contribution in [0.4, 0.5) is 0 Å². The summed E-state index contributed by atoms with van der Waals surface area (Å²) in [7, 11) is 0. The van der Waals surface area contributed by atoms with E-state index in [0.717, 1.165) is 5.56 Å². The maximum Gasteiger partial charge on any atom is 0.289 e. The van der Waals surface area contributed by atoms with E-state index in [-0.39, 0.29) is 12.1 Å². The summed E-state index contributed by atoms with van der Waals surface area (Å²) in [5.74, 6) is -1.84. The van der Waals surface area contributed by atoms with Crippen LogP contribution in [-0.4, -0.2) is 28.4 Å². The Labute approximate surface area is 98.1 Å². The third-order valence-electron chi connectivity index (χ3n) is 2.64. The molecule has 1 aromatic carbocycles. The number of aliphatic hydroxyl groups excluding tert-OH is 1. The number of primary amides is 1. The maximum atomic E-state index is 11.6. The summed E-state index contributed by atoms with van der Waals surface area (Å²) in [6.07, 6.45) is 0. The zero-order valence-electron chi connectivity index (χ0n) is 9.09. The Morgan fingerprint density at radius 1 is 1.35 bits per heavy atom. The van der Waals surface area contributed by atoms with E-state index < -0.39 is 17.6 Å². The van der Waals surface area contributed by atoms with Gasteiger partial charge < -0.3 is 15.7 Å². The first kappa shape index (κ1) is 11.2. The molecular weight excluding hydrogens is 220 g/mol. The lowest BCUT2D eigenvalue weighted by atomic mass is 10.2. The van der Waals surface area contributed by atoms with Crippen LogP contribution in [0, 0.1) is 0 Å². The molecule has 0 saturated heterocycles. The Morgan fingerprint density at radius 3 is 2.53 bits per heavy atom. The maximum absolute atomic E-state index is 11.6. The lowest BCUT2D eigenvalue weighted by Gasteiger charge is -2.15. The molecule has 17 heavy (non-hydrogen) atoms. The van der Waals surface area contributed by atoms with Crippen LogP contribution in [-0.2, 0) is 16.1 Å².